The van der Waals surface area contributed by atoms with Crippen molar-refractivity contribution in [3.63, 3.8) is 0 Å². The molecule has 3 aromatic rings. The van der Waals surface area contributed by atoms with Crippen molar-refractivity contribution < 1.29 is 0 Å². The minimum atomic E-state index is -0.0707. The molecular formula is C17H13BrCl2N4. The number of anilines is 1. The predicted octanol–water partition coefficient (Wildman–Crippen LogP) is 5.49. The Kier molecular flexibility index (Phi) is 4.24. The van der Waals surface area contributed by atoms with Gasteiger partial charge in [0.25, 0.3) is 0 Å². The lowest BCUT2D eigenvalue weighted by Crippen LogP contribution is -2.28. The quantitative estimate of drug-likeness (QED) is 0.592. The zero-order valence-electron chi connectivity index (χ0n) is 12.5. The largest absolute Gasteiger partial charge is 0.348 e. The molecule has 0 radical (unpaired) electrons. The van der Waals surface area contributed by atoms with Gasteiger partial charge >= 0.3 is 0 Å². The molecular weight excluding hydrogens is 411 g/mol. The highest BCUT2D eigenvalue weighted by atomic mass is 79.9. The van der Waals surface area contributed by atoms with Gasteiger partial charge in [-0.1, -0.05) is 57.3 Å². The second-order valence-electron chi connectivity index (χ2n) is 5.66. The third-order valence-corrected chi connectivity index (χ3v) is 5.42. The fourth-order valence-electron chi connectivity index (χ4n) is 3.10. The maximum absolute atomic E-state index is 6.44. The second kappa shape index (κ2) is 6.39. The molecule has 4 nitrogen and oxygen atoms in total. The minimum Gasteiger partial charge on any atom is -0.348 e. The van der Waals surface area contributed by atoms with E-state index in [9.17, 15) is 0 Å². The fourth-order valence-corrected chi connectivity index (χ4v) is 4.02. The Balaban J connectivity index is 1.78. The molecule has 0 amide bonds. The van der Waals surface area contributed by atoms with Gasteiger partial charge in [0.1, 0.15) is 6.33 Å². The van der Waals surface area contributed by atoms with Crippen LogP contribution in [0.1, 0.15) is 29.6 Å². The summed E-state index contributed by atoms with van der Waals surface area (Å²) < 4.78 is 2.90. The monoisotopic (exact) mass is 422 g/mol. The van der Waals surface area contributed by atoms with Crippen molar-refractivity contribution in [2.24, 2.45) is 0 Å². The van der Waals surface area contributed by atoms with E-state index in [1.54, 1.807) is 6.33 Å². The molecule has 122 valence electrons. The molecule has 1 N–H and O–H groups in total. The Hall–Kier alpha value is -1.56. The molecule has 0 aliphatic carbocycles. The topological polar surface area (TPSA) is 42.7 Å². The van der Waals surface area contributed by atoms with Crippen LogP contribution in [0, 0.1) is 0 Å². The highest BCUT2D eigenvalue weighted by Gasteiger charge is 2.32. The summed E-state index contributed by atoms with van der Waals surface area (Å²) >= 11 is 16.4. The van der Waals surface area contributed by atoms with Gasteiger partial charge in [-0.15, -0.1) is 0 Å². The van der Waals surface area contributed by atoms with Gasteiger partial charge in [0.05, 0.1) is 12.1 Å². The summed E-state index contributed by atoms with van der Waals surface area (Å²) in [5.74, 6) is 0.718. The number of aromatic nitrogens is 3. The van der Waals surface area contributed by atoms with Crippen LogP contribution in [0.5, 0.6) is 0 Å². The van der Waals surface area contributed by atoms with Gasteiger partial charge in [0.2, 0.25) is 5.95 Å². The van der Waals surface area contributed by atoms with Crippen molar-refractivity contribution in [1.29, 1.82) is 0 Å². The molecule has 2 heterocycles. The first-order chi connectivity index (χ1) is 11.6. The van der Waals surface area contributed by atoms with E-state index < -0.39 is 0 Å². The van der Waals surface area contributed by atoms with Crippen molar-refractivity contribution in [1.82, 2.24) is 14.8 Å². The maximum atomic E-state index is 6.44. The molecule has 1 aliphatic heterocycles. The van der Waals surface area contributed by atoms with Crippen LogP contribution in [0.2, 0.25) is 10.0 Å². The normalized spacial score (nSPS) is 19.6. The van der Waals surface area contributed by atoms with E-state index in [1.165, 1.54) is 5.56 Å². The van der Waals surface area contributed by atoms with Gasteiger partial charge in [-0.2, -0.15) is 10.1 Å². The molecule has 0 bridgehead atoms. The summed E-state index contributed by atoms with van der Waals surface area (Å²) in [6.07, 6.45) is 2.32. The van der Waals surface area contributed by atoms with Crippen LogP contribution in [0.4, 0.5) is 5.95 Å². The summed E-state index contributed by atoms with van der Waals surface area (Å²) in [5.41, 5.74) is 2.07. The van der Waals surface area contributed by atoms with Crippen molar-refractivity contribution in [2.75, 3.05) is 5.32 Å². The summed E-state index contributed by atoms with van der Waals surface area (Å²) in [5, 5.41) is 9.08. The van der Waals surface area contributed by atoms with Crippen molar-refractivity contribution >= 4 is 45.1 Å². The van der Waals surface area contributed by atoms with Gasteiger partial charge in [-0.3, -0.25) is 0 Å². The number of nitrogens with one attached hydrogen (secondary N) is 1. The smallest absolute Gasteiger partial charge is 0.222 e. The standard InChI is InChI=1S/C17H13BrCl2N4/c18-11-6-4-10(5-7-11)14-8-15(24-17(23-14)21-9-22-24)16-12(19)2-1-3-13(16)20/h1-7,9,14-15H,8H2,(H,21,22,23)/t14-,15+/m0/s1. The number of halogens is 3. The van der Waals surface area contributed by atoms with Crippen LogP contribution in [-0.2, 0) is 0 Å². The molecule has 2 aromatic carbocycles. The van der Waals surface area contributed by atoms with Gasteiger partial charge in [-0.25, -0.2) is 4.68 Å². The molecule has 7 heteroatoms. The van der Waals surface area contributed by atoms with Gasteiger partial charge in [0, 0.05) is 20.1 Å². The van der Waals surface area contributed by atoms with Gasteiger partial charge < -0.3 is 5.32 Å². The van der Waals surface area contributed by atoms with E-state index in [0.717, 1.165) is 22.4 Å². The third kappa shape index (κ3) is 2.81. The molecule has 1 aliphatic rings. The molecule has 0 saturated heterocycles. The first kappa shape index (κ1) is 15.9. The summed E-state index contributed by atoms with van der Waals surface area (Å²) in [4.78, 5) is 4.33. The molecule has 0 fully saturated rings. The number of hydrogen-bond donors (Lipinski definition) is 1. The lowest BCUT2D eigenvalue weighted by Gasteiger charge is -2.32. The fraction of sp³-hybridized carbons (Fsp3) is 0.176. The Morgan fingerprint density at radius 1 is 1.08 bits per heavy atom. The summed E-state index contributed by atoms with van der Waals surface area (Å²) in [6.45, 7) is 0. The maximum Gasteiger partial charge on any atom is 0.222 e. The number of benzene rings is 2. The zero-order valence-corrected chi connectivity index (χ0v) is 15.6. The van der Waals surface area contributed by atoms with Crippen LogP contribution >= 0.6 is 39.1 Å². The number of hydrogen-bond acceptors (Lipinski definition) is 3. The first-order valence-corrected chi connectivity index (χ1v) is 9.04. The molecule has 0 saturated carbocycles. The van der Waals surface area contributed by atoms with Crippen molar-refractivity contribution in [3.05, 3.63) is 74.4 Å². The number of nitrogens with zero attached hydrogens (tertiary/aromatic N) is 3. The highest BCUT2D eigenvalue weighted by molar-refractivity contribution is 9.10. The average molecular weight is 424 g/mol. The van der Waals surface area contributed by atoms with Crippen LogP contribution in [-0.4, -0.2) is 14.8 Å². The van der Waals surface area contributed by atoms with Crippen LogP contribution in [0.25, 0.3) is 0 Å². The third-order valence-electron chi connectivity index (χ3n) is 4.24. The summed E-state index contributed by atoms with van der Waals surface area (Å²) in [6, 6.07) is 13.9. The second-order valence-corrected chi connectivity index (χ2v) is 7.39. The number of fused-ring (bicyclic) bond motifs is 1. The lowest BCUT2D eigenvalue weighted by atomic mass is 9.93. The van der Waals surface area contributed by atoms with E-state index in [1.807, 2.05) is 35.0 Å². The zero-order chi connectivity index (χ0) is 16.7. The Bertz CT molecular complexity index is 858. The van der Waals surface area contributed by atoms with E-state index in [4.69, 9.17) is 23.2 Å². The predicted molar refractivity (Wildman–Crippen MR) is 99.7 cm³/mol. The number of rotatable bonds is 2. The molecule has 0 unspecified atom stereocenters. The highest BCUT2D eigenvalue weighted by Crippen LogP contribution is 2.42. The first-order valence-electron chi connectivity index (χ1n) is 7.49. The van der Waals surface area contributed by atoms with Crippen LogP contribution in [0.3, 0.4) is 0 Å². The Morgan fingerprint density at radius 2 is 1.79 bits per heavy atom. The molecule has 24 heavy (non-hydrogen) atoms. The Morgan fingerprint density at radius 3 is 2.50 bits per heavy atom. The van der Waals surface area contributed by atoms with Crippen LogP contribution < -0.4 is 5.32 Å². The molecule has 2 atom stereocenters. The van der Waals surface area contributed by atoms with Crippen molar-refractivity contribution in [3.8, 4) is 0 Å². The molecule has 4 rings (SSSR count). The van der Waals surface area contributed by atoms with Gasteiger partial charge in [0.15, 0.2) is 0 Å². The van der Waals surface area contributed by atoms with Gasteiger partial charge in [-0.05, 0) is 36.2 Å². The van der Waals surface area contributed by atoms with E-state index in [-0.39, 0.29) is 12.1 Å². The Labute approximate surface area is 157 Å². The molecule has 1 aromatic heterocycles. The van der Waals surface area contributed by atoms with E-state index >= 15 is 0 Å². The average Bonchev–Trinajstić information content (AvgIpc) is 3.04. The lowest BCUT2D eigenvalue weighted by molar-refractivity contribution is 0.431. The van der Waals surface area contributed by atoms with E-state index in [0.29, 0.717) is 10.0 Å². The SMILES string of the molecule is Clc1cccc(Cl)c1[C@H]1C[C@@H](c2ccc(Br)cc2)Nc2ncnn21. The van der Waals surface area contributed by atoms with Crippen LogP contribution in [0.15, 0.2) is 53.3 Å². The molecule has 0 spiro atoms. The van der Waals surface area contributed by atoms with E-state index in [2.05, 4.69) is 43.5 Å². The van der Waals surface area contributed by atoms with Crippen molar-refractivity contribution in [2.45, 2.75) is 18.5 Å². The minimum absolute atomic E-state index is 0.0707. The summed E-state index contributed by atoms with van der Waals surface area (Å²) in [7, 11) is 0.